The van der Waals surface area contributed by atoms with Crippen molar-refractivity contribution in [2.45, 2.75) is 11.8 Å². The number of nitrogens with one attached hydrogen (secondary N) is 2. The van der Waals surface area contributed by atoms with E-state index in [1.165, 1.54) is 37.4 Å². The van der Waals surface area contributed by atoms with E-state index in [2.05, 4.69) is 20.0 Å². The number of ether oxygens (including phenoxy) is 2. The smallest absolute Gasteiger partial charge is 0.339 e. The van der Waals surface area contributed by atoms with E-state index in [1.54, 1.807) is 11.6 Å². The summed E-state index contributed by atoms with van der Waals surface area (Å²) in [6, 6.07) is 5.76. The lowest BCUT2D eigenvalue weighted by Crippen LogP contribution is -2.35. The molecular formula is C15H16N4O6S. The summed E-state index contributed by atoms with van der Waals surface area (Å²) in [5.74, 6) is -0.791. The Morgan fingerprint density at radius 1 is 1.12 bits per heavy atom. The second-order valence-corrected chi connectivity index (χ2v) is 6.57. The highest BCUT2D eigenvalue weighted by molar-refractivity contribution is 7.90. The number of rotatable bonds is 5. The highest BCUT2D eigenvalue weighted by Crippen LogP contribution is 2.16. The Balaban J connectivity index is 2.24. The third-order valence-electron chi connectivity index (χ3n) is 3.07. The minimum atomic E-state index is -4.34. The molecule has 1 aromatic heterocycles. The predicted molar refractivity (Wildman–Crippen MR) is 90.4 cm³/mol. The van der Waals surface area contributed by atoms with Crippen LogP contribution in [0.4, 0.5) is 10.7 Å². The molecule has 0 fully saturated rings. The molecule has 2 N–H and O–H groups in total. The molecule has 11 heteroatoms. The summed E-state index contributed by atoms with van der Waals surface area (Å²) in [5.41, 5.74) is 0.301. The Labute approximate surface area is 149 Å². The van der Waals surface area contributed by atoms with Crippen LogP contribution in [0.3, 0.4) is 0 Å². The number of aromatic nitrogens is 2. The Bertz CT molecular complexity index is 945. The van der Waals surface area contributed by atoms with Crippen molar-refractivity contribution >= 4 is 28.0 Å². The number of carbonyl (C=O) groups is 2. The van der Waals surface area contributed by atoms with Gasteiger partial charge in [-0.15, -0.1) is 0 Å². The first kappa shape index (κ1) is 19.1. The summed E-state index contributed by atoms with van der Waals surface area (Å²) in [6.45, 7) is 1.65. The number of hydrogen-bond acceptors (Lipinski definition) is 8. The summed E-state index contributed by atoms with van der Waals surface area (Å²) in [6.07, 6.45) is 0. The normalized spacial score (nSPS) is 10.7. The molecule has 10 nitrogen and oxygen atoms in total. The zero-order chi connectivity index (χ0) is 19.3. The van der Waals surface area contributed by atoms with Gasteiger partial charge in [-0.2, -0.15) is 4.98 Å². The van der Waals surface area contributed by atoms with Gasteiger partial charge in [0, 0.05) is 11.8 Å². The molecule has 138 valence electrons. The van der Waals surface area contributed by atoms with Gasteiger partial charge in [-0.25, -0.2) is 27.7 Å². The van der Waals surface area contributed by atoms with Crippen LogP contribution in [0, 0.1) is 6.92 Å². The van der Waals surface area contributed by atoms with Crippen LogP contribution in [0.2, 0.25) is 0 Å². The molecule has 2 rings (SSSR count). The minimum Gasteiger partial charge on any atom is -0.481 e. The number of carbonyl (C=O) groups excluding carboxylic acids is 2. The molecule has 0 spiro atoms. The number of urea groups is 1. The van der Waals surface area contributed by atoms with Gasteiger partial charge in [0.05, 0.1) is 19.8 Å². The lowest BCUT2D eigenvalue weighted by Gasteiger charge is -2.11. The van der Waals surface area contributed by atoms with Crippen molar-refractivity contribution in [3.05, 3.63) is 41.6 Å². The van der Waals surface area contributed by atoms with Crippen LogP contribution >= 0.6 is 0 Å². The number of esters is 1. The van der Waals surface area contributed by atoms with E-state index in [0.29, 0.717) is 5.69 Å². The summed E-state index contributed by atoms with van der Waals surface area (Å²) in [4.78, 5) is 31.2. The molecule has 0 aliphatic carbocycles. The van der Waals surface area contributed by atoms with Crippen LogP contribution in [0.1, 0.15) is 16.1 Å². The number of anilines is 1. The van der Waals surface area contributed by atoms with Gasteiger partial charge < -0.3 is 9.47 Å². The molecule has 0 aliphatic rings. The fourth-order valence-electron chi connectivity index (χ4n) is 1.98. The van der Waals surface area contributed by atoms with Crippen molar-refractivity contribution in [1.29, 1.82) is 0 Å². The molecule has 2 amide bonds. The van der Waals surface area contributed by atoms with E-state index >= 15 is 0 Å². The fraction of sp³-hybridized carbons (Fsp3) is 0.200. The maximum atomic E-state index is 12.4. The van der Waals surface area contributed by atoms with Crippen LogP contribution in [0.5, 0.6) is 5.88 Å². The Kier molecular flexibility index (Phi) is 5.72. The van der Waals surface area contributed by atoms with E-state index in [-0.39, 0.29) is 17.4 Å². The van der Waals surface area contributed by atoms with Crippen molar-refractivity contribution < 1.29 is 27.5 Å². The SMILES string of the molecule is COC(=O)c1ccccc1S(=O)(=O)NC(=O)Nc1nc(C)cc(OC)n1. The van der Waals surface area contributed by atoms with E-state index < -0.39 is 26.9 Å². The maximum absolute atomic E-state index is 12.4. The minimum absolute atomic E-state index is 0.143. The molecule has 0 saturated carbocycles. The molecule has 0 atom stereocenters. The van der Waals surface area contributed by atoms with Crippen LogP contribution in [-0.4, -0.2) is 44.6 Å². The molecule has 1 heterocycles. The first-order valence-corrected chi connectivity index (χ1v) is 8.66. The van der Waals surface area contributed by atoms with Gasteiger partial charge in [0.1, 0.15) is 4.90 Å². The lowest BCUT2D eigenvalue weighted by molar-refractivity contribution is 0.0596. The molecule has 2 aromatic rings. The number of benzene rings is 1. The number of nitrogens with zero attached hydrogens (tertiary/aromatic N) is 2. The monoisotopic (exact) mass is 380 g/mol. The van der Waals surface area contributed by atoms with Crippen LogP contribution in [0.25, 0.3) is 0 Å². The molecule has 0 radical (unpaired) electrons. The average Bonchev–Trinajstić information content (AvgIpc) is 2.59. The number of aryl methyl sites for hydroxylation is 1. The van der Waals surface area contributed by atoms with E-state index in [9.17, 15) is 18.0 Å². The number of hydrogen-bond donors (Lipinski definition) is 2. The highest BCUT2D eigenvalue weighted by Gasteiger charge is 2.25. The maximum Gasteiger partial charge on any atom is 0.339 e. The van der Waals surface area contributed by atoms with Gasteiger partial charge >= 0.3 is 12.0 Å². The second-order valence-electron chi connectivity index (χ2n) is 4.92. The molecule has 0 unspecified atom stereocenters. The van der Waals surface area contributed by atoms with Gasteiger partial charge in [-0.3, -0.25) is 5.32 Å². The Morgan fingerprint density at radius 2 is 1.81 bits per heavy atom. The largest absolute Gasteiger partial charge is 0.481 e. The first-order valence-electron chi connectivity index (χ1n) is 7.17. The third kappa shape index (κ3) is 4.45. The van der Waals surface area contributed by atoms with Crippen LogP contribution in [-0.2, 0) is 14.8 Å². The van der Waals surface area contributed by atoms with Crippen molar-refractivity contribution in [2.75, 3.05) is 19.5 Å². The zero-order valence-electron chi connectivity index (χ0n) is 14.1. The van der Waals surface area contributed by atoms with Gasteiger partial charge in [0.2, 0.25) is 11.8 Å². The first-order chi connectivity index (χ1) is 12.3. The highest BCUT2D eigenvalue weighted by atomic mass is 32.2. The third-order valence-corrected chi connectivity index (χ3v) is 4.46. The molecule has 0 saturated heterocycles. The lowest BCUT2D eigenvalue weighted by atomic mass is 10.2. The molecule has 0 bridgehead atoms. The average molecular weight is 380 g/mol. The number of methoxy groups -OCH3 is 2. The van der Waals surface area contributed by atoms with Crippen molar-refractivity contribution in [3.8, 4) is 5.88 Å². The molecular weight excluding hydrogens is 364 g/mol. The standard InChI is InChI=1S/C15H16N4O6S/c1-9-8-12(24-2)17-14(16-9)18-15(21)19-26(22,23)11-7-5-4-6-10(11)13(20)25-3/h4-8H,1-3H3,(H2,16,17,18,19,21). The summed E-state index contributed by atoms with van der Waals surface area (Å²) in [5, 5.41) is 2.20. The van der Waals surface area contributed by atoms with E-state index in [4.69, 9.17) is 4.74 Å². The van der Waals surface area contributed by atoms with Crippen molar-refractivity contribution in [1.82, 2.24) is 14.7 Å². The molecule has 26 heavy (non-hydrogen) atoms. The van der Waals surface area contributed by atoms with E-state index in [0.717, 1.165) is 7.11 Å². The van der Waals surface area contributed by atoms with Crippen molar-refractivity contribution in [2.24, 2.45) is 0 Å². The Hall–Kier alpha value is -3.21. The van der Waals surface area contributed by atoms with Gasteiger partial charge in [-0.1, -0.05) is 12.1 Å². The number of amides is 2. The van der Waals surface area contributed by atoms with Crippen LogP contribution < -0.4 is 14.8 Å². The summed E-state index contributed by atoms with van der Waals surface area (Å²) < 4.78 is 36.1. The quantitative estimate of drug-likeness (QED) is 0.736. The van der Waals surface area contributed by atoms with Gasteiger partial charge in [-0.05, 0) is 19.1 Å². The molecule has 0 aliphatic heterocycles. The van der Waals surface area contributed by atoms with E-state index in [1.807, 2.05) is 0 Å². The summed E-state index contributed by atoms with van der Waals surface area (Å²) >= 11 is 0. The van der Waals surface area contributed by atoms with Gasteiger partial charge in [0.15, 0.2) is 0 Å². The summed E-state index contributed by atoms with van der Waals surface area (Å²) in [7, 11) is -1.83. The second kappa shape index (κ2) is 7.78. The van der Waals surface area contributed by atoms with Gasteiger partial charge in [0.25, 0.3) is 10.0 Å². The Morgan fingerprint density at radius 3 is 2.46 bits per heavy atom. The fourth-order valence-corrected chi connectivity index (χ4v) is 3.09. The topological polar surface area (TPSA) is 137 Å². The van der Waals surface area contributed by atoms with Crippen LogP contribution in [0.15, 0.2) is 35.2 Å². The molecule has 1 aromatic carbocycles. The number of sulfonamides is 1. The zero-order valence-corrected chi connectivity index (χ0v) is 15.0. The predicted octanol–water partition coefficient (Wildman–Crippen LogP) is 1.09. The van der Waals surface area contributed by atoms with Crippen molar-refractivity contribution in [3.63, 3.8) is 0 Å².